The van der Waals surface area contributed by atoms with Crippen LogP contribution in [-0.4, -0.2) is 11.9 Å². The molecule has 0 bridgehead atoms. The Morgan fingerprint density at radius 2 is 1.65 bits per heavy atom. The Bertz CT molecular complexity index is 650. The van der Waals surface area contributed by atoms with Crippen molar-refractivity contribution < 1.29 is 14.3 Å². The first-order valence-corrected chi connectivity index (χ1v) is 6.22. The molecule has 0 spiro atoms. The highest BCUT2D eigenvalue weighted by Gasteiger charge is 2.14. The molecule has 0 fully saturated rings. The molecule has 1 amide bonds. The molecule has 0 aliphatic carbocycles. The summed E-state index contributed by atoms with van der Waals surface area (Å²) in [5, 5.41) is 2.81. The van der Waals surface area contributed by atoms with Gasteiger partial charge in [-0.15, -0.1) is 0 Å². The number of rotatable bonds is 3. The van der Waals surface area contributed by atoms with E-state index in [2.05, 4.69) is 5.32 Å². The molecule has 0 aliphatic rings. The van der Waals surface area contributed by atoms with Gasteiger partial charge in [-0.1, -0.05) is 30.3 Å². The van der Waals surface area contributed by atoms with E-state index in [0.29, 0.717) is 5.56 Å². The Morgan fingerprint density at radius 1 is 1.00 bits per heavy atom. The topological polar surface area (TPSA) is 55.4 Å². The lowest BCUT2D eigenvalue weighted by molar-refractivity contribution is -0.131. The van der Waals surface area contributed by atoms with E-state index in [0.717, 1.165) is 11.3 Å². The third kappa shape index (κ3) is 3.23. The molecule has 0 aromatic heterocycles. The molecule has 0 saturated carbocycles. The first-order valence-electron chi connectivity index (χ1n) is 6.22. The Labute approximate surface area is 117 Å². The van der Waals surface area contributed by atoms with Crippen molar-refractivity contribution in [1.29, 1.82) is 0 Å². The highest BCUT2D eigenvalue weighted by molar-refractivity contribution is 6.06. The van der Waals surface area contributed by atoms with Gasteiger partial charge in [-0.25, -0.2) is 0 Å². The molecule has 0 unspecified atom stereocenters. The van der Waals surface area contributed by atoms with Crippen LogP contribution < -0.4 is 10.1 Å². The molecule has 0 radical (unpaired) electrons. The lowest BCUT2D eigenvalue weighted by atomic mass is 10.1. The van der Waals surface area contributed by atoms with Crippen LogP contribution in [0.2, 0.25) is 0 Å². The highest BCUT2D eigenvalue weighted by Crippen LogP contribution is 2.21. The molecule has 1 N–H and O–H groups in total. The molecule has 2 rings (SSSR count). The zero-order chi connectivity index (χ0) is 14.5. The van der Waals surface area contributed by atoms with Crippen molar-refractivity contribution in [3.8, 4) is 5.75 Å². The number of para-hydroxylation sites is 2. The predicted octanol–water partition coefficient (Wildman–Crippen LogP) is 3.17. The maximum absolute atomic E-state index is 12.3. The van der Waals surface area contributed by atoms with Crippen molar-refractivity contribution in [3.05, 3.63) is 59.7 Å². The largest absolute Gasteiger partial charge is 0.426 e. The van der Waals surface area contributed by atoms with Crippen molar-refractivity contribution in [2.24, 2.45) is 0 Å². The summed E-state index contributed by atoms with van der Waals surface area (Å²) in [6, 6.07) is 14.1. The lowest BCUT2D eigenvalue weighted by Crippen LogP contribution is -2.15. The van der Waals surface area contributed by atoms with E-state index in [1.165, 1.54) is 6.92 Å². The van der Waals surface area contributed by atoms with Crippen LogP contribution in [0.3, 0.4) is 0 Å². The molecule has 20 heavy (non-hydrogen) atoms. The van der Waals surface area contributed by atoms with E-state index in [1.54, 1.807) is 24.3 Å². The fourth-order valence-electron chi connectivity index (χ4n) is 1.80. The summed E-state index contributed by atoms with van der Waals surface area (Å²) >= 11 is 0. The predicted molar refractivity (Wildman–Crippen MR) is 76.9 cm³/mol. The molecule has 0 heterocycles. The van der Waals surface area contributed by atoms with Crippen LogP contribution >= 0.6 is 0 Å². The number of esters is 1. The van der Waals surface area contributed by atoms with Crippen molar-refractivity contribution in [2.75, 3.05) is 5.32 Å². The van der Waals surface area contributed by atoms with Crippen LogP contribution in [0.15, 0.2) is 48.5 Å². The summed E-state index contributed by atoms with van der Waals surface area (Å²) in [5.74, 6) is -0.511. The quantitative estimate of drug-likeness (QED) is 0.687. The maximum atomic E-state index is 12.3. The van der Waals surface area contributed by atoms with Crippen LogP contribution in [0.1, 0.15) is 22.8 Å². The van der Waals surface area contributed by atoms with Gasteiger partial charge in [0.2, 0.25) is 0 Å². The molecule has 2 aromatic carbocycles. The third-order valence-corrected chi connectivity index (χ3v) is 2.78. The minimum absolute atomic E-state index is 0.256. The average molecular weight is 269 g/mol. The average Bonchev–Trinajstić information content (AvgIpc) is 2.41. The summed E-state index contributed by atoms with van der Waals surface area (Å²) < 4.78 is 5.03. The van der Waals surface area contributed by atoms with Gasteiger partial charge >= 0.3 is 5.97 Å². The number of amides is 1. The van der Waals surface area contributed by atoms with Crippen LogP contribution in [0.25, 0.3) is 0 Å². The number of hydrogen-bond acceptors (Lipinski definition) is 3. The van der Waals surface area contributed by atoms with E-state index in [1.807, 2.05) is 31.2 Å². The Balaban J connectivity index is 2.26. The van der Waals surface area contributed by atoms with Gasteiger partial charge in [-0.3, -0.25) is 9.59 Å². The van der Waals surface area contributed by atoms with E-state index in [9.17, 15) is 9.59 Å². The molecule has 0 saturated heterocycles. The fraction of sp³-hybridized carbons (Fsp3) is 0.125. The molecule has 102 valence electrons. The van der Waals surface area contributed by atoms with E-state index in [4.69, 9.17) is 4.74 Å². The first-order chi connectivity index (χ1) is 9.58. The monoisotopic (exact) mass is 269 g/mol. The van der Waals surface area contributed by atoms with Crippen LogP contribution in [0.4, 0.5) is 5.69 Å². The van der Waals surface area contributed by atoms with Gasteiger partial charge in [0, 0.05) is 12.6 Å². The molecule has 4 heteroatoms. The summed E-state index contributed by atoms with van der Waals surface area (Å²) in [5.41, 5.74) is 2.02. The van der Waals surface area contributed by atoms with Gasteiger partial charge in [-0.05, 0) is 30.7 Å². The van der Waals surface area contributed by atoms with Gasteiger partial charge < -0.3 is 10.1 Å². The van der Waals surface area contributed by atoms with Crippen molar-refractivity contribution in [3.63, 3.8) is 0 Å². The van der Waals surface area contributed by atoms with Crippen molar-refractivity contribution >= 4 is 17.6 Å². The number of nitrogens with one attached hydrogen (secondary N) is 1. The smallest absolute Gasteiger partial charge is 0.308 e. The number of anilines is 1. The van der Waals surface area contributed by atoms with Crippen molar-refractivity contribution in [1.82, 2.24) is 0 Å². The number of hydrogen-bond donors (Lipinski definition) is 1. The zero-order valence-corrected chi connectivity index (χ0v) is 11.3. The van der Waals surface area contributed by atoms with E-state index >= 15 is 0 Å². The second-order valence-electron chi connectivity index (χ2n) is 4.36. The Hall–Kier alpha value is -2.62. The number of aryl methyl sites for hydroxylation is 1. The standard InChI is InChI=1S/C16H15NO3/c1-11-7-3-5-9-14(11)17-16(19)13-8-4-6-10-15(13)20-12(2)18/h3-10H,1-2H3,(H,17,19). The van der Waals surface area contributed by atoms with E-state index < -0.39 is 5.97 Å². The number of ether oxygens (including phenoxy) is 1. The number of benzene rings is 2. The molecule has 0 aliphatic heterocycles. The van der Waals surface area contributed by atoms with Crippen LogP contribution in [-0.2, 0) is 4.79 Å². The minimum Gasteiger partial charge on any atom is -0.426 e. The second-order valence-corrected chi connectivity index (χ2v) is 4.36. The normalized spacial score (nSPS) is 9.90. The highest BCUT2D eigenvalue weighted by atomic mass is 16.5. The molecule has 4 nitrogen and oxygen atoms in total. The SMILES string of the molecule is CC(=O)Oc1ccccc1C(=O)Nc1ccccc1C. The van der Waals surface area contributed by atoms with E-state index in [-0.39, 0.29) is 11.7 Å². The summed E-state index contributed by atoms with van der Waals surface area (Å²) in [7, 11) is 0. The maximum Gasteiger partial charge on any atom is 0.308 e. The molecular formula is C16H15NO3. The fourth-order valence-corrected chi connectivity index (χ4v) is 1.80. The van der Waals surface area contributed by atoms with Crippen molar-refractivity contribution in [2.45, 2.75) is 13.8 Å². The summed E-state index contributed by atoms with van der Waals surface area (Å²) in [6.45, 7) is 3.21. The zero-order valence-electron chi connectivity index (χ0n) is 11.3. The third-order valence-electron chi connectivity index (χ3n) is 2.78. The Kier molecular flexibility index (Phi) is 4.15. The minimum atomic E-state index is -0.457. The van der Waals surface area contributed by atoms with Gasteiger partial charge in [-0.2, -0.15) is 0 Å². The first kappa shape index (κ1) is 13.8. The lowest BCUT2D eigenvalue weighted by Gasteiger charge is -2.11. The van der Waals surface area contributed by atoms with Crippen LogP contribution in [0, 0.1) is 6.92 Å². The second kappa shape index (κ2) is 6.02. The molecule has 0 atom stereocenters. The van der Waals surface area contributed by atoms with Gasteiger partial charge in [0.15, 0.2) is 0 Å². The van der Waals surface area contributed by atoms with Gasteiger partial charge in [0.25, 0.3) is 5.91 Å². The number of carbonyl (C=O) groups excluding carboxylic acids is 2. The summed E-state index contributed by atoms with van der Waals surface area (Å²) in [4.78, 5) is 23.3. The van der Waals surface area contributed by atoms with Crippen LogP contribution in [0.5, 0.6) is 5.75 Å². The number of carbonyl (C=O) groups is 2. The molecule has 2 aromatic rings. The Morgan fingerprint density at radius 3 is 2.35 bits per heavy atom. The van der Waals surface area contributed by atoms with Gasteiger partial charge in [0.05, 0.1) is 5.56 Å². The molecular weight excluding hydrogens is 254 g/mol. The van der Waals surface area contributed by atoms with Gasteiger partial charge in [0.1, 0.15) is 5.75 Å². The summed E-state index contributed by atoms with van der Waals surface area (Å²) in [6.07, 6.45) is 0.